The smallest absolute Gasteiger partial charge is 0.259 e. The number of benzene rings is 1. The van der Waals surface area contributed by atoms with E-state index in [1.54, 1.807) is 0 Å². The maximum Gasteiger partial charge on any atom is 0.259 e. The second-order valence-corrected chi connectivity index (χ2v) is 3.71. The molecule has 0 fully saturated rings. The van der Waals surface area contributed by atoms with E-state index in [-0.39, 0.29) is 17.2 Å². The van der Waals surface area contributed by atoms with Gasteiger partial charge in [-0.05, 0) is 25.1 Å². The molecule has 1 aromatic carbocycles. The van der Waals surface area contributed by atoms with Gasteiger partial charge < -0.3 is 10.4 Å². The molecule has 4 nitrogen and oxygen atoms in total. The number of aryl methyl sites for hydroxylation is 1. The van der Waals surface area contributed by atoms with Crippen LogP contribution in [0.15, 0.2) is 42.7 Å². The number of carbonyl (C=O) groups excluding carboxylic acids is 1. The van der Waals surface area contributed by atoms with E-state index in [9.17, 15) is 9.90 Å². The third kappa shape index (κ3) is 2.60. The van der Waals surface area contributed by atoms with Gasteiger partial charge in [-0.15, -0.1) is 0 Å². The van der Waals surface area contributed by atoms with E-state index in [1.807, 2.05) is 31.2 Å². The molecule has 0 saturated heterocycles. The van der Waals surface area contributed by atoms with E-state index in [0.29, 0.717) is 5.69 Å². The molecule has 1 amide bonds. The fourth-order valence-electron chi connectivity index (χ4n) is 1.41. The van der Waals surface area contributed by atoms with Crippen LogP contribution < -0.4 is 5.32 Å². The molecule has 0 unspecified atom stereocenters. The summed E-state index contributed by atoms with van der Waals surface area (Å²) in [4.78, 5) is 15.5. The minimum atomic E-state index is -0.353. The summed E-state index contributed by atoms with van der Waals surface area (Å²) in [5, 5.41) is 12.2. The third-order valence-corrected chi connectivity index (χ3v) is 2.35. The SMILES string of the molecule is Cc1ccc(NC(=O)c2ccncc2O)cc1. The Hall–Kier alpha value is -2.36. The molecule has 0 atom stereocenters. The Morgan fingerprint density at radius 2 is 1.94 bits per heavy atom. The van der Waals surface area contributed by atoms with Gasteiger partial charge in [-0.1, -0.05) is 17.7 Å². The van der Waals surface area contributed by atoms with Crippen LogP contribution in [0.3, 0.4) is 0 Å². The Bertz CT molecular complexity index is 535. The van der Waals surface area contributed by atoms with E-state index < -0.39 is 0 Å². The molecule has 2 N–H and O–H groups in total. The highest BCUT2D eigenvalue weighted by atomic mass is 16.3. The topological polar surface area (TPSA) is 62.2 Å². The number of nitrogens with zero attached hydrogens (tertiary/aromatic N) is 1. The molecule has 0 bridgehead atoms. The van der Waals surface area contributed by atoms with Gasteiger partial charge in [0.25, 0.3) is 5.91 Å². The monoisotopic (exact) mass is 228 g/mol. The maximum atomic E-state index is 11.8. The fraction of sp³-hybridized carbons (Fsp3) is 0.0769. The average Bonchev–Trinajstić information content (AvgIpc) is 2.32. The standard InChI is InChI=1S/C13H12N2O2/c1-9-2-4-10(5-3-9)15-13(17)11-6-7-14-8-12(11)16/h2-8,16H,1H3,(H,15,17). The summed E-state index contributed by atoms with van der Waals surface area (Å²) >= 11 is 0. The number of aromatic hydroxyl groups is 1. The summed E-state index contributed by atoms with van der Waals surface area (Å²) in [7, 11) is 0. The Kier molecular flexibility index (Phi) is 3.05. The molecular formula is C13H12N2O2. The molecule has 17 heavy (non-hydrogen) atoms. The lowest BCUT2D eigenvalue weighted by Gasteiger charge is -2.06. The lowest BCUT2D eigenvalue weighted by Crippen LogP contribution is -2.12. The van der Waals surface area contributed by atoms with Crippen LogP contribution in [0.4, 0.5) is 5.69 Å². The van der Waals surface area contributed by atoms with Gasteiger partial charge in [0.1, 0.15) is 5.75 Å². The lowest BCUT2D eigenvalue weighted by atomic mass is 10.2. The minimum absolute atomic E-state index is 0.128. The quantitative estimate of drug-likeness (QED) is 0.829. The normalized spacial score (nSPS) is 9.94. The van der Waals surface area contributed by atoms with E-state index in [4.69, 9.17) is 0 Å². The van der Waals surface area contributed by atoms with Crippen LogP contribution in [0.25, 0.3) is 0 Å². The highest BCUT2D eigenvalue weighted by Gasteiger charge is 2.10. The van der Waals surface area contributed by atoms with Crippen molar-refractivity contribution in [3.63, 3.8) is 0 Å². The summed E-state index contributed by atoms with van der Waals surface area (Å²) < 4.78 is 0. The largest absolute Gasteiger partial charge is 0.505 e. The van der Waals surface area contributed by atoms with Gasteiger partial charge in [-0.25, -0.2) is 0 Å². The van der Waals surface area contributed by atoms with Crippen molar-refractivity contribution in [2.45, 2.75) is 6.92 Å². The first-order valence-electron chi connectivity index (χ1n) is 5.18. The van der Waals surface area contributed by atoms with Crippen molar-refractivity contribution in [1.29, 1.82) is 0 Å². The second kappa shape index (κ2) is 4.65. The van der Waals surface area contributed by atoms with Crippen molar-refractivity contribution < 1.29 is 9.90 Å². The predicted octanol–water partition coefficient (Wildman–Crippen LogP) is 2.35. The van der Waals surface area contributed by atoms with Crippen LogP contribution in [-0.4, -0.2) is 16.0 Å². The van der Waals surface area contributed by atoms with Crippen LogP contribution in [0.1, 0.15) is 15.9 Å². The van der Waals surface area contributed by atoms with Gasteiger partial charge in [-0.3, -0.25) is 9.78 Å². The summed E-state index contributed by atoms with van der Waals surface area (Å²) in [5.41, 5.74) is 2.02. The number of anilines is 1. The Balaban J connectivity index is 2.17. The number of hydrogen-bond acceptors (Lipinski definition) is 3. The Morgan fingerprint density at radius 3 is 2.59 bits per heavy atom. The molecule has 4 heteroatoms. The van der Waals surface area contributed by atoms with E-state index in [2.05, 4.69) is 10.3 Å². The first-order chi connectivity index (χ1) is 8.16. The number of pyridine rings is 1. The highest BCUT2D eigenvalue weighted by Crippen LogP contribution is 2.16. The summed E-state index contributed by atoms with van der Waals surface area (Å²) in [6.45, 7) is 1.97. The van der Waals surface area contributed by atoms with Gasteiger partial charge in [0.15, 0.2) is 0 Å². The van der Waals surface area contributed by atoms with Gasteiger partial charge >= 0.3 is 0 Å². The number of aromatic nitrogens is 1. The van der Waals surface area contributed by atoms with Crippen LogP contribution in [0, 0.1) is 6.92 Å². The van der Waals surface area contributed by atoms with Gasteiger partial charge in [0.2, 0.25) is 0 Å². The zero-order chi connectivity index (χ0) is 12.3. The number of carbonyl (C=O) groups is 1. The molecule has 0 aliphatic rings. The average molecular weight is 228 g/mol. The van der Waals surface area contributed by atoms with Crippen LogP contribution in [0.2, 0.25) is 0 Å². The molecule has 0 saturated carbocycles. The van der Waals surface area contributed by atoms with Crippen molar-refractivity contribution >= 4 is 11.6 Å². The van der Waals surface area contributed by atoms with Gasteiger partial charge in [0.05, 0.1) is 11.8 Å². The molecule has 86 valence electrons. The molecule has 1 heterocycles. The predicted molar refractivity (Wildman–Crippen MR) is 65.0 cm³/mol. The first kappa shape index (κ1) is 11.1. The molecule has 2 aromatic rings. The molecule has 0 spiro atoms. The van der Waals surface area contributed by atoms with E-state index >= 15 is 0 Å². The third-order valence-electron chi connectivity index (χ3n) is 2.35. The van der Waals surface area contributed by atoms with Gasteiger partial charge in [0, 0.05) is 11.9 Å². The zero-order valence-electron chi connectivity index (χ0n) is 9.34. The highest BCUT2D eigenvalue weighted by molar-refractivity contribution is 6.05. The van der Waals surface area contributed by atoms with Crippen molar-refractivity contribution in [2.24, 2.45) is 0 Å². The Labute approximate surface area is 98.9 Å². The second-order valence-electron chi connectivity index (χ2n) is 3.71. The molecule has 2 rings (SSSR count). The van der Waals surface area contributed by atoms with Crippen molar-refractivity contribution in [3.8, 4) is 5.75 Å². The molecule has 0 aliphatic carbocycles. The maximum absolute atomic E-state index is 11.8. The minimum Gasteiger partial charge on any atom is -0.505 e. The molecule has 0 radical (unpaired) electrons. The van der Waals surface area contributed by atoms with Crippen molar-refractivity contribution in [2.75, 3.05) is 5.32 Å². The van der Waals surface area contributed by atoms with E-state index in [1.165, 1.54) is 18.5 Å². The number of rotatable bonds is 2. The summed E-state index contributed by atoms with van der Waals surface area (Å²) in [6, 6.07) is 8.90. The lowest BCUT2D eigenvalue weighted by molar-refractivity contribution is 0.102. The van der Waals surface area contributed by atoms with Crippen molar-refractivity contribution in [3.05, 3.63) is 53.9 Å². The molecule has 1 aromatic heterocycles. The van der Waals surface area contributed by atoms with Crippen LogP contribution in [-0.2, 0) is 0 Å². The van der Waals surface area contributed by atoms with Gasteiger partial charge in [-0.2, -0.15) is 0 Å². The fourth-order valence-corrected chi connectivity index (χ4v) is 1.41. The summed E-state index contributed by atoms with van der Waals surface area (Å²) in [5.74, 6) is -0.481. The molecular weight excluding hydrogens is 216 g/mol. The Morgan fingerprint density at radius 1 is 1.24 bits per heavy atom. The number of nitrogens with one attached hydrogen (secondary N) is 1. The zero-order valence-corrected chi connectivity index (χ0v) is 9.34. The van der Waals surface area contributed by atoms with Crippen molar-refractivity contribution in [1.82, 2.24) is 4.98 Å². The summed E-state index contributed by atoms with van der Waals surface area (Å²) in [6.07, 6.45) is 2.70. The number of amides is 1. The van der Waals surface area contributed by atoms with Crippen LogP contribution in [0.5, 0.6) is 5.75 Å². The first-order valence-corrected chi connectivity index (χ1v) is 5.18. The number of hydrogen-bond donors (Lipinski definition) is 2. The van der Waals surface area contributed by atoms with Crippen LogP contribution >= 0.6 is 0 Å². The molecule has 0 aliphatic heterocycles. The van der Waals surface area contributed by atoms with E-state index in [0.717, 1.165) is 5.56 Å².